The number of carbonyl (C=O) groups is 1. The molecule has 1 aromatic carbocycles. The third-order valence-electron chi connectivity index (χ3n) is 3.02. The molecule has 1 rings (SSSR count). The highest BCUT2D eigenvalue weighted by Crippen LogP contribution is 2.33. The molecular weight excluding hydrogens is 284 g/mol. The summed E-state index contributed by atoms with van der Waals surface area (Å²) in [4.78, 5) is 11.9. The van der Waals surface area contributed by atoms with E-state index in [0.717, 1.165) is 5.56 Å². The molecule has 0 atom stereocenters. The molecule has 0 aliphatic heterocycles. The van der Waals surface area contributed by atoms with E-state index in [4.69, 9.17) is 14.2 Å². The monoisotopic (exact) mass is 310 g/mol. The van der Waals surface area contributed by atoms with Crippen molar-refractivity contribution in [3.05, 3.63) is 17.7 Å². The summed E-state index contributed by atoms with van der Waals surface area (Å²) in [5.41, 5.74) is 0.795. The molecular formula is C16H26N2O4. The molecule has 2 N–H and O–H groups in total. The predicted molar refractivity (Wildman–Crippen MR) is 85.8 cm³/mol. The van der Waals surface area contributed by atoms with Crippen LogP contribution in [0.2, 0.25) is 0 Å². The molecule has 6 heteroatoms. The second-order valence-electron chi connectivity index (χ2n) is 6.11. The van der Waals surface area contributed by atoms with E-state index in [1.165, 1.54) is 0 Å². The van der Waals surface area contributed by atoms with Gasteiger partial charge in [-0.3, -0.25) is 0 Å². The molecule has 1 aromatic rings. The molecule has 0 saturated carbocycles. The fourth-order valence-electron chi connectivity index (χ4n) is 1.83. The van der Waals surface area contributed by atoms with Crippen molar-refractivity contribution < 1.29 is 19.0 Å². The van der Waals surface area contributed by atoms with Crippen LogP contribution in [0.15, 0.2) is 12.1 Å². The Labute approximate surface area is 132 Å². The van der Waals surface area contributed by atoms with Gasteiger partial charge in [0.1, 0.15) is 17.2 Å². The Morgan fingerprint density at radius 1 is 1.00 bits per heavy atom. The van der Waals surface area contributed by atoms with Crippen molar-refractivity contribution in [2.24, 2.45) is 5.41 Å². The second-order valence-corrected chi connectivity index (χ2v) is 6.11. The zero-order valence-electron chi connectivity index (χ0n) is 14.2. The van der Waals surface area contributed by atoms with Crippen molar-refractivity contribution in [1.82, 2.24) is 10.6 Å². The van der Waals surface area contributed by atoms with Crippen LogP contribution in [-0.4, -0.2) is 33.9 Å². The van der Waals surface area contributed by atoms with Crippen molar-refractivity contribution in [2.45, 2.75) is 27.3 Å². The number of amides is 2. The molecule has 6 nitrogen and oxygen atoms in total. The van der Waals surface area contributed by atoms with Gasteiger partial charge in [-0.05, 0) is 5.41 Å². The maximum Gasteiger partial charge on any atom is 0.315 e. The van der Waals surface area contributed by atoms with Gasteiger partial charge < -0.3 is 24.8 Å². The molecule has 0 fully saturated rings. The largest absolute Gasteiger partial charge is 0.496 e. The van der Waals surface area contributed by atoms with Crippen LogP contribution < -0.4 is 24.8 Å². The van der Waals surface area contributed by atoms with E-state index >= 15 is 0 Å². The smallest absolute Gasteiger partial charge is 0.315 e. The summed E-state index contributed by atoms with van der Waals surface area (Å²) >= 11 is 0. The van der Waals surface area contributed by atoms with Crippen LogP contribution in [0.5, 0.6) is 17.2 Å². The van der Waals surface area contributed by atoms with Crippen molar-refractivity contribution >= 4 is 6.03 Å². The highest BCUT2D eigenvalue weighted by atomic mass is 16.5. The lowest BCUT2D eigenvalue weighted by molar-refractivity contribution is 0.235. The van der Waals surface area contributed by atoms with Crippen LogP contribution >= 0.6 is 0 Å². The minimum absolute atomic E-state index is 0.0346. The van der Waals surface area contributed by atoms with Crippen LogP contribution in [-0.2, 0) is 6.54 Å². The number of methoxy groups -OCH3 is 3. The Balaban J connectivity index is 2.78. The van der Waals surface area contributed by atoms with Gasteiger partial charge in [-0.2, -0.15) is 0 Å². The average molecular weight is 310 g/mol. The average Bonchev–Trinajstić information content (AvgIpc) is 2.49. The Morgan fingerprint density at radius 2 is 1.55 bits per heavy atom. The van der Waals surface area contributed by atoms with Crippen LogP contribution in [0.3, 0.4) is 0 Å². The lowest BCUT2D eigenvalue weighted by atomic mass is 9.97. The molecule has 0 aromatic heterocycles. The maximum absolute atomic E-state index is 11.9. The van der Waals surface area contributed by atoms with Crippen molar-refractivity contribution in [3.63, 3.8) is 0 Å². The number of benzene rings is 1. The molecule has 0 unspecified atom stereocenters. The van der Waals surface area contributed by atoms with Crippen LogP contribution in [0, 0.1) is 5.41 Å². The number of carbonyl (C=O) groups excluding carboxylic acids is 1. The molecule has 0 aliphatic carbocycles. The molecule has 0 saturated heterocycles. The Morgan fingerprint density at radius 3 is 1.95 bits per heavy atom. The minimum Gasteiger partial charge on any atom is -0.496 e. The van der Waals surface area contributed by atoms with Gasteiger partial charge >= 0.3 is 6.03 Å². The van der Waals surface area contributed by atoms with Gasteiger partial charge in [-0.15, -0.1) is 0 Å². The van der Waals surface area contributed by atoms with Gasteiger partial charge in [0.15, 0.2) is 0 Å². The van der Waals surface area contributed by atoms with E-state index in [0.29, 0.717) is 30.3 Å². The van der Waals surface area contributed by atoms with E-state index in [2.05, 4.69) is 31.4 Å². The molecule has 0 bridgehead atoms. The van der Waals surface area contributed by atoms with Crippen molar-refractivity contribution in [3.8, 4) is 17.2 Å². The number of urea groups is 1. The molecule has 0 spiro atoms. The van der Waals surface area contributed by atoms with E-state index in [1.807, 2.05) is 0 Å². The molecule has 2 amide bonds. The number of nitrogens with one attached hydrogen (secondary N) is 2. The van der Waals surface area contributed by atoms with Gasteiger partial charge in [-0.1, -0.05) is 20.8 Å². The van der Waals surface area contributed by atoms with E-state index < -0.39 is 0 Å². The first-order valence-corrected chi connectivity index (χ1v) is 7.11. The Bertz CT molecular complexity index is 484. The predicted octanol–water partition coefficient (Wildman–Crippen LogP) is 2.56. The summed E-state index contributed by atoms with van der Waals surface area (Å²) in [6.45, 7) is 7.07. The molecule has 22 heavy (non-hydrogen) atoms. The highest BCUT2D eigenvalue weighted by molar-refractivity contribution is 5.74. The molecule has 124 valence electrons. The highest BCUT2D eigenvalue weighted by Gasteiger charge is 2.15. The van der Waals surface area contributed by atoms with E-state index in [-0.39, 0.29) is 11.4 Å². The van der Waals surface area contributed by atoms with Crippen LogP contribution in [0.25, 0.3) is 0 Å². The zero-order valence-corrected chi connectivity index (χ0v) is 14.2. The quantitative estimate of drug-likeness (QED) is 0.847. The third kappa shape index (κ3) is 5.35. The summed E-state index contributed by atoms with van der Waals surface area (Å²) in [6, 6.07) is 3.29. The summed E-state index contributed by atoms with van der Waals surface area (Å²) in [7, 11) is 4.71. The normalized spacial score (nSPS) is 10.8. The Hall–Kier alpha value is -2.11. The summed E-state index contributed by atoms with van der Waals surface area (Å²) in [6.07, 6.45) is 0. The number of hydrogen-bond donors (Lipinski definition) is 2. The number of ether oxygens (including phenoxy) is 3. The van der Waals surface area contributed by atoms with Gasteiger partial charge in [0, 0.05) is 18.7 Å². The van der Waals surface area contributed by atoms with Crippen molar-refractivity contribution in [2.75, 3.05) is 27.9 Å². The second kappa shape index (κ2) is 7.77. The third-order valence-corrected chi connectivity index (χ3v) is 3.02. The van der Waals surface area contributed by atoms with Crippen LogP contribution in [0.4, 0.5) is 4.79 Å². The van der Waals surface area contributed by atoms with Gasteiger partial charge in [0.05, 0.1) is 33.4 Å². The first-order chi connectivity index (χ1) is 10.3. The first-order valence-electron chi connectivity index (χ1n) is 7.11. The molecule has 0 aliphatic rings. The summed E-state index contributed by atoms with van der Waals surface area (Å²) in [5, 5.41) is 5.64. The van der Waals surface area contributed by atoms with Gasteiger partial charge in [0.2, 0.25) is 0 Å². The van der Waals surface area contributed by atoms with Crippen molar-refractivity contribution in [1.29, 1.82) is 0 Å². The Kier molecular flexibility index (Phi) is 6.34. The van der Waals surface area contributed by atoms with Crippen LogP contribution in [0.1, 0.15) is 26.3 Å². The minimum atomic E-state index is -0.227. The maximum atomic E-state index is 11.9. The standard InChI is InChI=1S/C16H26N2O4/c1-16(2,3)10-18-15(19)17-9-12-13(21-5)7-11(20-4)8-14(12)22-6/h7-8H,9-10H2,1-6H3,(H2,17,18,19). The topological polar surface area (TPSA) is 68.8 Å². The lowest BCUT2D eigenvalue weighted by Crippen LogP contribution is -2.39. The first kappa shape index (κ1) is 17.9. The molecule has 0 heterocycles. The SMILES string of the molecule is COc1cc(OC)c(CNC(=O)NCC(C)(C)C)c(OC)c1. The molecule has 0 radical (unpaired) electrons. The fraction of sp³-hybridized carbons (Fsp3) is 0.562. The van der Waals surface area contributed by atoms with Gasteiger partial charge in [-0.25, -0.2) is 4.79 Å². The summed E-state index contributed by atoms with van der Waals surface area (Å²) in [5.74, 6) is 1.84. The summed E-state index contributed by atoms with van der Waals surface area (Å²) < 4.78 is 15.9. The van der Waals surface area contributed by atoms with E-state index in [1.54, 1.807) is 33.5 Å². The number of rotatable bonds is 6. The lowest BCUT2D eigenvalue weighted by Gasteiger charge is -2.19. The fourth-order valence-corrected chi connectivity index (χ4v) is 1.83. The van der Waals surface area contributed by atoms with Gasteiger partial charge in [0.25, 0.3) is 0 Å². The number of hydrogen-bond acceptors (Lipinski definition) is 4. The zero-order chi connectivity index (χ0) is 16.8. The van der Waals surface area contributed by atoms with E-state index in [9.17, 15) is 4.79 Å².